The second-order valence-electron chi connectivity index (χ2n) is 4.41. The Kier molecular flexibility index (Phi) is 6.50. The van der Waals surface area contributed by atoms with Crippen molar-refractivity contribution in [3.05, 3.63) is 28.8 Å². The number of nitrogens with zero attached hydrogens (tertiary/aromatic N) is 1. The van der Waals surface area contributed by atoms with Crippen LogP contribution in [0.15, 0.2) is 23.1 Å². The highest BCUT2D eigenvalue weighted by Crippen LogP contribution is 2.25. The maximum absolute atomic E-state index is 12.4. The molecule has 20 heavy (non-hydrogen) atoms. The van der Waals surface area contributed by atoms with Crippen molar-refractivity contribution in [3.8, 4) is 12.3 Å². The molecule has 0 amide bonds. The molecule has 0 radical (unpaired) electrons. The minimum atomic E-state index is -3.65. The molecule has 0 atom stereocenters. The predicted octanol–water partition coefficient (Wildman–Crippen LogP) is 2.09. The van der Waals surface area contributed by atoms with Crippen molar-refractivity contribution in [2.45, 2.75) is 24.8 Å². The maximum atomic E-state index is 12.4. The molecule has 1 rings (SSSR count). The highest BCUT2D eigenvalue weighted by atomic mass is 35.5. The third-order valence-corrected chi connectivity index (χ3v) is 5.04. The lowest BCUT2D eigenvalue weighted by atomic mass is 10.2. The van der Waals surface area contributed by atoms with Crippen molar-refractivity contribution in [3.63, 3.8) is 0 Å². The quantitative estimate of drug-likeness (QED) is 0.619. The summed E-state index contributed by atoms with van der Waals surface area (Å²) in [5.41, 5.74) is 0.871. The molecule has 1 N–H and O–H groups in total. The minimum Gasteiger partial charge on any atom is -0.313 e. The molecule has 0 fully saturated rings. The molecule has 0 spiro atoms. The molecule has 6 heteroatoms. The van der Waals surface area contributed by atoms with Crippen molar-refractivity contribution < 1.29 is 8.42 Å². The molecule has 0 bridgehead atoms. The largest absolute Gasteiger partial charge is 0.313 e. The minimum absolute atomic E-state index is 0.0109. The second kappa shape index (κ2) is 7.65. The molecule has 4 nitrogen and oxygen atoms in total. The molecule has 0 unspecified atom stereocenters. The average Bonchev–Trinajstić information content (AvgIpc) is 2.41. The lowest BCUT2D eigenvalue weighted by Crippen LogP contribution is -2.27. The Balaban J connectivity index is 3.05. The van der Waals surface area contributed by atoms with E-state index in [1.807, 2.05) is 6.07 Å². The highest BCUT2D eigenvalue weighted by molar-refractivity contribution is 7.89. The summed E-state index contributed by atoms with van der Waals surface area (Å²) in [6.07, 6.45) is 6.17. The van der Waals surface area contributed by atoms with E-state index in [4.69, 9.17) is 18.0 Å². The van der Waals surface area contributed by atoms with Gasteiger partial charge in [0.15, 0.2) is 0 Å². The van der Waals surface area contributed by atoms with Crippen molar-refractivity contribution in [2.75, 3.05) is 20.1 Å². The molecule has 0 aliphatic heterocycles. The Labute approximate surface area is 126 Å². The maximum Gasteiger partial charge on any atom is 0.245 e. The van der Waals surface area contributed by atoms with E-state index in [9.17, 15) is 8.42 Å². The lowest BCUT2D eigenvalue weighted by molar-refractivity contribution is 0.503. The van der Waals surface area contributed by atoms with Gasteiger partial charge in [-0.3, -0.25) is 0 Å². The third-order valence-electron chi connectivity index (χ3n) is 2.75. The number of sulfonamides is 1. The van der Waals surface area contributed by atoms with Crippen LogP contribution in [0.3, 0.4) is 0 Å². The number of halogens is 1. The zero-order chi connectivity index (χ0) is 15.2. The Bertz CT molecular complexity index is 594. The summed E-state index contributed by atoms with van der Waals surface area (Å²) >= 11 is 6.01. The van der Waals surface area contributed by atoms with Gasteiger partial charge in [-0.25, -0.2) is 8.42 Å². The van der Waals surface area contributed by atoms with Gasteiger partial charge >= 0.3 is 0 Å². The second-order valence-corrected chi connectivity index (χ2v) is 6.83. The SMILES string of the molecule is C#CCN(C)S(=O)(=O)c1cc(CNCCC)ccc1Cl. The van der Waals surface area contributed by atoms with E-state index in [1.165, 1.54) is 7.05 Å². The van der Waals surface area contributed by atoms with Gasteiger partial charge in [-0.1, -0.05) is 30.5 Å². The molecule has 0 saturated heterocycles. The van der Waals surface area contributed by atoms with Crippen LogP contribution in [0.4, 0.5) is 0 Å². The molecule has 0 heterocycles. The summed E-state index contributed by atoms with van der Waals surface area (Å²) < 4.78 is 25.8. The van der Waals surface area contributed by atoms with Gasteiger partial charge in [-0.2, -0.15) is 4.31 Å². The Morgan fingerprint density at radius 3 is 2.75 bits per heavy atom. The van der Waals surface area contributed by atoms with Crippen molar-refractivity contribution in [1.29, 1.82) is 0 Å². The van der Waals surface area contributed by atoms with Crippen LogP contribution in [-0.2, 0) is 16.6 Å². The van der Waals surface area contributed by atoms with E-state index >= 15 is 0 Å². The fourth-order valence-electron chi connectivity index (χ4n) is 1.65. The molecule has 1 aromatic rings. The summed E-state index contributed by atoms with van der Waals surface area (Å²) in [5, 5.41) is 3.42. The van der Waals surface area contributed by atoms with Crippen LogP contribution in [0.2, 0.25) is 5.02 Å². The van der Waals surface area contributed by atoms with Gasteiger partial charge in [0.2, 0.25) is 10.0 Å². The topological polar surface area (TPSA) is 49.4 Å². The van der Waals surface area contributed by atoms with E-state index in [1.54, 1.807) is 12.1 Å². The molecular weight excluding hydrogens is 296 g/mol. The normalized spacial score (nSPS) is 11.6. The van der Waals surface area contributed by atoms with Crippen LogP contribution in [0, 0.1) is 12.3 Å². The zero-order valence-electron chi connectivity index (χ0n) is 11.7. The summed E-state index contributed by atoms with van der Waals surface area (Å²) in [6.45, 7) is 3.56. The van der Waals surface area contributed by atoms with Crippen molar-refractivity contribution >= 4 is 21.6 Å². The molecule has 0 aromatic heterocycles. The number of nitrogens with one attached hydrogen (secondary N) is 1. The van der Waals surface area contributed by atoms with Crippen molar-refractivity contribution in [2.24, 2.45) is 0 Å². The summed E-state index contributed by atoms with van der Waals surface area (Å²) in [4.78, 5) is 0.0905. The van der Waals surface area contributed by atoms with E-state index in [2.05, 4.69) is 18.2 Å². The molecule has 110 valence electrons. The van der Waals surface area contributed by atoms with Crippen molar-refractivity contribution in [1.82, 2.24) is 9.62 Å². The van der Waals surface area contributed by atoms with Gasteiger partial charge in [0.1, 0.15) is 4.90 Å². The number of hydrogen-bond donors (Lipinski definition) is 1. The number of terminal acetylenes is 1. The van der Waals surface area contributed by atoms with Gasteiger partial charge in [0, 0.05) is 13.6 Å². The van der Waals surface area contributed by atoms with Gasteiger partial charge < -0.3 is 5.32 Å². The Morgan fingerprint density at radius 1 is 1.45 bits per heavy atom. The Hall–Kier alpha value is -1.06. The van der Waals surface area contributed by atoms with Crippen LogP contribution in [0.1, 0.15) is 18.9 Å². The summed E-state index contributed by atoms with van der Waals surface area (Å²) in [7, 11) is -2.22. The molecule has 0 aliphatic carbocycles. The average molecular weight is 315 g/mol. The van der Waals surface area contributed by atoms with Crippen LogP contribution in [-0.4, -0.2) is 32.9 Å². The molecular formula is C14H19ClN2O2S. The van der Waals surface area contributed by atoms with Crippen LogP contribution in [0.5, 0.6) is 0 Å². The number of hydrogen-bond acceptors (Lipinski definition) is 3. The zero-order valence-corrected chi connectivity index (χ0v) is 13.3. The first kappa shape index (κ1) is 17.0. The summed E-state index contributed by atoms with van der Waals surface area (Å²) in [6, 6.07) is 5.00. The number of benzene rings is 1. The standard InChI is InChI=1S/C14H19ClN2O2S/c1-4-8-16-11-12-6-7-13(15)14(10-12)20(18,19)17(3)9-5-2/h2,6-7,10,16H,4,8-9,11H2,1,3H3. The number of rotatable bonds is 7. The third kappa shape index (κ3) is 4.22. The van der Waals surface area contributed by atoms with Crippen LogP contribution >= 0.6 is 11.6 Å². The highest BCUT2D eigenvalue weighted by Gasteiger charge is 2.23. The van der Waals surface area contributed by atoms with Crippen LogP contribution in [0.25, 0.3) is 0 Å². The van der Waals surface area contributed by atoms with E-state index in [0.717, 1.165) is 22.8 Å². The van der Waals surface area contributed by atoms with Gasteiger partial charge in [-0.15, -0.1) is 6.42 Å². The fraction of sp³-hybridized carbons (Fsp3) is 0.429. The first-order chi connectivity index (χ1) is 9.43. The van der Waals surface area contributed by atoms with E-state index in [-0.39, 0.29) is 16.5 Å². The first-order valence-corrected chi connectivity index (χ1v) is 8.14. The smallest absolute Gasteiger partial charge is 0.245 e. The van der Waals surface area contributed by atoms with Gasteiger partial charge in [0.05, 0.1) is 11.6 Å². The van der Waals surface area contributed by atoms with Gasteiger partial charge in [-0.05, 0) is 30.7 Å². The Morgan fingerprint density at radius 2 is 2.15 bits per heavy atom. The predicted molar refractivity (Wildman–Crippen MR) is 82.1 cm³/mol. The van der Waals surface area contributed by atoms with E-state index < -0.39 is 10.0 Å². The van der Waals surface area contributed by atoms with Gasteiger partial charge in [0.25, 0.3) is 0 Å². The monoisotopic (exact) mass is 314 g/mol. The first-order valence-electron chi connectivity index (χ1n) is 6.32. The molecule has 0 saturated carbocycles. The molecule has 1 aromatic carbocycles. The molecule has 0 aliphatic rings. The lowest BCUT2D eigenvalue weighted by Gasteiger charge is -2.16. The summed E-state index contributed by atoms with van der Waals surface area (Å²) in [5.74, 6) is 2.31. The fourth-order valence-corrected chi connectivity index (χ4v) is 3.25. The van der Waals surface area contributed by atoms with Crippen LogP contribution < -0.4 is 5.32 Å². The van der Waals surface area contributed by atoms with E-state index in [0.29, 0.717) is 6.54 Å².